The van der Waals surface area contributed by atoms with Crippen molar-refractivity contribution in [3.05, 3.63) is 15.5 Å². The van der Waals surface area contributed by atoms with Crippen LogP contribution < -0.4 is 0 Å². The first kappa shape index (κ1) is 9.91. The van der Waals surface area contributed by atoms with Gasteiger partial charge in [-0.25, -0.2) is 4.79 Å². The summed E-state index contributed by atoms with van der Waals surface area (Å²) >= 11 is 2.01. The van der Waals surface area contributed by atoms with E-state index in [2.05, 4.69) is 5.10 Å². The van der Waals surface area contributed by atoms with Crippen LogP contribution in [-0.4, -0.2) is 34.1 Å². The molecule has 1 saturated heterocycles. The van der Waals surface area contributed by atoms with Gasteiger partial charge in [0.05, 0.1) is 18.8 Å². The summed E-state index contributed by atoms with van der Waals surface area (Å²) in [5.74, 6) is -0.931. The third-order valence-electron chi connectivity index (χ3n) is 2.22. The Balaban J connectivity index is 2.30. The molecule has 1 N–H and O–H groups in total. The molecule has 1 aromatic heterocycles. The SMILES string of the molecule is O=C(O)c1cnn(C2CCOC2)c1I. The first-order valence-electron chi connectivity index (χ1n) is 4.24. The zero-order chi connectivity index (χ0) is 10.1. The van der Waals surface area contributed by atoms with Gasteiger partial charge in [0.1, 0.15) is 9.26 Å². The maximum Gasteiger partial charge on any atom is 0.340 e. The lowest BCUT2D eigenvalue weighted by atomic mass is 10.3. The van der Waals surface area contributed by atoms with Crippen LogP contribution in [0.4, 0.5) is 0 Å². The number of halogens is 1. The van der Waals surface area contributed by atoms with Gasteiger partial charge in [0, 0.05) is 6.61 Å². The fourth-order valence-electron chi connectivity index (χ4n) is 1.46. The van der Waals surface area contributed by atoms with E-state index in [4.69, 9.17) is 9.84 Å². The molecule has 0 radical (unpaired) electrons. The van der Waals surface area contributed by atoms with Crippen molar-refractivity contribution in [3.63, 3.8) is 0 Å². The zero-order valence-corrected chi connectivity index (χ0v) is 9.47. The fourth-order valence-corrected chi connectivity index (χ4v) is 2.35. The molecular weight excluding hydrogens is 299 g/mol. The summed E-state index contributed by atoms with van der Waals surface area (Å²) in [4.78, 5) is 10.8. The number of rotatable bonds is 2. The minimum absolute atomic E-state index is 0.190. The number of aromatic nitrogens is 2. The first-order valence-corrected chi connectivity index (χ1v) is 5.32. The van der Waals surface area contributed by atoms with Gasteiger partial charge in [-0.1, -0.05) is 0 Å². The van der Waals surface area contributed by atoms with Crippen LogP contribution in [-0.2, 0) is 4.74 Å². The Morgan fingerprint density at radius 2 is 2.57 bits per heavy atom. The second-order valence-corrected chi connectivity index (χ2v) is 4.14. The molecule has 5 nitrogen and oxygen atoms in total. The molecule has 1 aliphatic heterocycles. The highest BCUT2D eigenvalue weighted by Gasteiger charge is 2.23. The van der Waals surface area contributed by atoms with E-state index in [0.717, 1.165) is 13.0 Å². The number of hydrogen-bond donors (Lipinski definition) is 1. The third kappa shape index (κ3) is 1.63. The summed E-state index contributed by atoms with van der Waals surface area (Å²) in [7, 11) is 0. The molecule has 76 valence electrons. The molecule has 14 heavy (non-hydrogen) atoms. The molecule has 0 aliphatic carbocycles. The van der Waals surface area contributed by atoms with E-state index in [1.165, 1.54) is 6.20 Å². The van der Waals surface area contributed by atoms with Gasteiger partial charge in [-0.2, -0.15) is 5.10 Å². The molecule has 1 fully saturated rings. The highest BCUT2D eigenvalue weighted by atomic mass is 127. The van der Waals surface area contributed by atoms with Crippen molar-refractivity contribution >= 4 is 28.6 Å². The number of ether oxygens (including phenoxy) is 1. The summed E-state index contributed by atoms with van der Waals surface area (Å²) in [6, 6.07) is 0.190. The van der Waals surface area contributed by atoms with Gasteiger partial charge in [0.25, 0.3) is 0 Å². The molecule has 2 heterocycles. The van der Waals surface area contributed by atoms with Gasteiger partial charge in [-0.05, 0) is 29.0 Å². The number of carboxylic acids is 1. The van der Waals surface area contributed by atoms with Crippen molar-refractivity contribution < 1.29 is 14.6 Å². The summed E-state index contributed by atoms with van der Waals surface area (Å²) in [6.07, 6.45) is 2.29. The molecule has 0 amide bonds. The van der Waals surface area contributed by atoms with Crippen molar-refractivity contribution in [2.45, 2.75) is 12.5 Å². The highest BCUT2D eigenvalue weighted by molar-refractivity contribution is 14.1. The van der Waals surface area contributed by atoms with Gasteiger partial charge < -0.3 is 9.84 Å². The lowest BCUT2D eigenvalue weighted by Crippen LogP contribution is -2.12. The topological polar surface area (TPSA) is 64.3 Å². The van der Waals surface area contributed by atoms with Crippen LogP contribution in [0, 0.1) is 3.70 Å². The van der Waals surface area contributed by atoms with Gasteiger partial charge >= 0.3 is 5.97 Å². The molecule has 1 atom stereocenters. The molecule has 1 aromatic rings. The number of carbonyl (C=O) groups is 1. The predicted molar refractivity (Wildman–Crippen MR) is 56.4 cm³/mol. The minimum atomic E-state index is -0.931. The Bertz CT molecular complexity index is 357. The Kier molecular flexibility index (Phi) is 2.73. The highest BCUT2D eigenvalue weighted by Crippen LogP contribution is 2.22. The summed E-state index contributed by atoms with van der Waals surface area (Å²) in [6.45, 7) is 1.35. The molecule has 2 rings (SSSR count). The largest absolute Gasteiger partial charge is 0.478 e. The van der Waals surface area contributed by atoms with Gasteiger partial charge in [0.15, 0.2) is 0 Å². The predicted octanol–water partition coefficient (Wildman–Crippen LogP) is 1.15. The van der Waals surface area contributed by atoms with Gasteiger partial charge in [-0.3, -0.25) is 4.68 Å². The Labute approximate surface area is 94.2 Å². The Morgan fingerprint density at radius 3 is 3.07 bits per heavy atom. The molecule has 0 spiro atoms. The molecule has 0 saturated carbocycles. The average molecular weight is 308 g/mol. The van der Waals surface area contributed by atoms with E-state index in [9.17, 15) is 4.79 Å². The molecular formula is C8H9IN2O3. The molecule has 0 aromatic carbocycles. The van der Waals surface area contributed by atoms with Gasteiger partial charge in [-0.15, -0.1) is 0 Å². The fraction of sp³-hybridized carbons (Fsp3) is 0.500. The van der Waals surface area contributed by atoms with E-state index in [0.29, 0.717) is 10.3 Å². The number of hydrogen-bond acceptors (Lipinski definition) is 3. The van der Waals surface area contributed by atoms with Crippen molar-refractivity contribution in [1.82, 2.24) is 9.78 Å². The zero-order valence-electron chi connectivity index (χ0n) is 7.31. The first-order chi connectivity index (χ1) is 6.70. The Morgan fingerprint density at radius 1 is 1.79 bits per heavy atom. The third-order valence-corrected chi connectivity index (χ3v) is 3.29. The van der Waals surface area contributed by atoms with Crippen LogP contribution in [0.15, 0.2) is 6.20 Å². The Hall–Kier alpha value is -0.630. The van der Waals surface area contributed by atoms with E-state index < -0.39 is 5.97 Å². The summed E-state index contributed by atoms with van der Waals surface area (Å²) in [5, 5.41) is 12.9. The second kappa shape index (κ2) is 3.85. The van der Waals surface area contributed by atoms with E-state index in [-0.39, 0.29) is 11.6 Å². The van der Waals surface area contributed by atoms with Crippen LogP contribution in [0.25, 0.3) is 0 Å². The van der Waals surface area contributed by atoms with Gasteiger partial charge in [0.2, 0.25) is 0 Å². The maximum absolute atomic E-state index is 10.8. The van der Waals surface area contributed by atoms with Crippen LogP contribution in [0.2, 0.25) is 0 Å². The molecule has 1 aliphatic rings. The van der Waals surface area contributed by atoms with E-state index >= 15 is 0 Å². The van der Waals surface area contributed by atoms with Crippen molar-refractivity contribution in [1.29, 1.82) is 0 Å². The quantitative estimate of drug-likeness (QED) is 0.833. The normalized spacial score (nSPS) is 21.4. The van der Waals surface area contributed by atoms with Crippen molar-refractivity contribution in [2.24, 2.45) is 0 Å². The number of aromatic carboxylic acids is 1. The average Bonchev–Trinajstić information content (AvgIpc) is 2.71. The van der Waals surface area contributed by atoms with Crippen LogP contribution in [0.3, 0.4) is 0 Å². The minimum Gasteiger partial charge on any atom is -0.478 e. The van der Waals surface area contributed by atoms with Crippen LogP contribution >= 0.6 is 22.6 Å². The lowest BCUT2D eigenvalue weighted by Gasteiger charge is -2.09. The lowest BCUT2D eigenvalue weighted by molar-refractivity contribution is 0.0695. The summed E-state index contributed by atoms with van der Waals surface area (Å²) in [5.41, 5.74) is 0.262. The second-order valence-electron chi connectivity index (χ2n) is 3.12. The monoisotopic (exact) mass is 308 g/mol. The van der Waals surface area contributed by atoms with E-state index in [1.54, 1.807) is 4.68 Å². The standard InChI is InChI=1S/C8H9IN2O3/c9-7-6(8(12)13)3-10-11(7)5-1-2-14-4-5/h3,5H,1-2,4H2,(H,12,13). The van der Waals surface area contributed by atoms with Crippen molar-refractivity contribution in [2.75, 3.05) is 13.2 Å². The molecule has 6 heteroatoms. The van der Waals surface area contributed by atoms with Crippen LogP contribution in [0.1, 0.15) is 22.8 Å². The van der Waals surface area contributed by atoms with E-state index in [1.807, 2.05) is 22.6 Å². The maximum atomic E-state index is 10.8. The van der Waals surface area contributed by atoms with Crippen LogP contribution in [0.5, 0.6) is 0 Å². The smallest absolute Gasteiger partial charge is 0.340 e. The molecule has 0 bridgehead atoms. The van der Waals surface area contributed by atoms with Crippen molar-refractivity contribution in [3.8, 4) is 0 Å². The molecule has 1 unspecified atom stereocenters. The number of carboxylic acid groups (broad SMARTS) is 1. The number of nitrogens with zero attached hydrogens (tertiary/aromatic N) is 2. The summed E-state index contributed by atoms with van der Waals surface area (Å²) < 4.78 is 7.63.